The van der Waals surface area contributed by atoms with Gasteiger partial charge in [-0.1, -0.05) is 18.2 Å². The second kappa shape index (κ2) is 6.19. The molecule has 0 aliphatic heterocycles. The van der Waals surface area contributed by atoms with Crippen LogP contribution in [0.3, 0.4) is 0 Å². The molecule has 104 valence electrons. The molecule has 2 aromatic rings. The summed E-state index contributed by atoms with van der Waals surface area (Å²) in [5, 5.41) is 2.74. The molecule has 1 heterocycles. The van der Waals surface area contributed by atoms with Crippen molar-refractivity contribution in [3.63, 3.8) is 0 Å². The van der Waals surface area contributed by atoms with E-state index in [2.05, 4.69) is 10.3 Å². The zero-order chi connectivity index (χ0) is 14.5. The molecule has 0 saturated carbocycles. The lowest BCUT2D eigenvalue weighted by atomic mass is 10.1. The second-order valence-corrected chi connectivity index (χ2v) is 4.77. The number of amides is 1. The molecule has 1 aromatic heterocycles. The van der Waals surface area contributed by atoms with Crippen LogP contribution in [0, 0.1) is 20.8 Å². The Morgan fingerprint density at radius 1 is 1.20 bits per heavy atom. The van der Waals surface area contributed by atoms with Gasteiger partial charge >= 0.3 is 0 Å². The van der Waals surface area contributed by atoms with Gasteiger partial charge in [0.15, 0.2) is 6.61 Å². The minimum atomic E-state index is -0.215. The number of pyridine rings is 1. The maximum absolute atomic E-state index is 11.9. The van der Waals surface area contributed by atoms with Crippen molar-refractivity contribution in [3.05, 3.63) is 53.2 Å². The number of aromatic nitrogens is 1. The first-order chi connectivity index (χ1) is 9.56. The minimum Gasteiger partial charge on any atom is -0.483 e. The van der Waals surface area contributed by atoms with Crippen molar-refractivity contribution < 1.29 is 9.53 Å². The fraction of sp³-hybridized carbons (Fsp3) is 0.250. The molecule has 0 fully saturated rings. The molecule has 2 rings (SSSR count). The van der Waals surface area contributed by atoms with E-state index in [0.717, 1.165) is 22.4 Å². The number of rotatable bonds is 4. The van der Waals surface area contributed by atoms with Crippen molar-refractivity contribution in [1.82, 2.24) is 4.98 Å². The summed E-state index contributed by atoms with van der Waals surface area (Å²) in [6.07, 6.45) is 1.65. The molecular formula is C16H18N2O2. The zero-order valence-electron chi connectivity index (χ0n) is 11.9. The molecule has 1 aromatic carbocycles. The van der Waals surface area contributed by atoms with E-state index in [9.17, 15) is 4.79 Å². The minimum absolute atomic E-state index is 0.0275. The first-order valence-electron chi connectivity index (χ1n) is 6.48. The topological polar surface area (TPSA) is 51.2 Å². The lowest BCUT2D eigenvalue weighted by molar-refractivity contribution is -0.118. The normalized spacial score (nSPS) is 10.2. The fourth-order valence-electron chi connectivity index (χ4n) is 1.79. The summed E-state index contributed by atoms with van der Waals surface area (Å²) in [7, 11) is 0. The highest BCUT2D eigenvalue weighted by Gasteiger charge is 2.07. The van der Waals surface area contributed by atoms with Crippen molar-refractivity contribution >= 4 is 11.7 Å². The smallest absolute Gasteiger partial charge is 0.263 e. The van der Waals surface area contributed by atoms with Gasteiger partial charge in [-0.15, -0.1) is 0 Å². The van der Waals surface area contributed by atoms with Gasteiger partial charge in [-0.3, -0.25) is 4.79 Å². The molecule has 4 nitrogen and oxygen atoms in total. The van der Waals surface area contributed by atoms with Gasteiger partial charge in [-0.05, 0) is 49.6 Å². The van der Waals surface area contributed by atoms with E-state index in [1.807, 2.05) is 51.1 Å². The van der Waals surface area contributed by atoms with E-state index >= 15 is 0 Å². The summed E-state index contributed by atoms with van der Waals surface area (Å²) in [6.45, 7) is 5.81. The van der Waals surface area contributed by atoms with Crippen LogP contribution in [0.25, 0.3) is 0 Å². The van der Waals surface area contributed by atoms with E-state index in [1.165, 1.54) is 0 Å². The third-order valence-electron chi connectivity index (χ3n) is 2.97. The van der Waals surface area contributed by atoms with Gasteiger partial charge in [0.2, 0.25) is 0 Å². The van der Waals surface area contributed by atoms with Crippen molar-refractivity contribution in [3.8, 4) is 5.75 Å². The first kappa shape index (κ1) is 14.1. The molecule has 0 atom stereocenters. The van der Waals surface area contributed by atoms with Gasteiger partial charge < -0.3 is 10.1 Å². The van der Waals surface area contributed by atoms with E-state index < -0.39 is 0 Å². The number of carbonyl (C=O) groups is 1. The molecule has 1 amide bonds. The van der Waals surface area contributed by atoms with Crippen molar-refractivity contribution in [2.75, 3.05) is 11.9 Å². The van der Waals surface area contributed by atoms with Gasteiger partial charge in [0, 0.05) is 6.20 Å². The third kappa shape index (κ3) is 3.57. The van der Waals surface area contributed by atoms with Crippen LogP contribution in [0.2, 0.25) is 0 Å². The van der Waals surface area contributed by atoms with Crippen LogP contribution in [0.1, 0.15) is 16.7 Å². The maximum atomic E-state index is 11.9. The van der Waals surface area contributed by atoms with E-state index in [-0.39, 0.29) is 12.5 Å². The molecule has 0 aliphatic carbocycles. The van der Waals surface area contributed by atoms with Gasteiger partial charge in [0.25, 0.3) is 5.91 Å². The summed E-state index contributed by atoms with van der Waals surface area (Å²) in [4.78, 5) is 16.0. The first-order valence-corrected chi connectivity index (χ1v) is 6.48. The lowest BCUT2D eigenvalue weighted by Crippen LogP contribution is -2.21. The number of aryl methyl sites for hydroxylation is 3. The standard InChI is InChI=1S/C16H18N2O2/c1-11-6-7-12(2)14(9-11)20-10-15(19)18-16-13(3)5-4-8-17-16/h4-9H,10H2,1-3H3,(H,17,18,19). The van der Waals surface area contributed by atoms with Crippen LogP contribution in [0.15, 0.2) is 36.5 Å². The van der Waals surface area contributed by atoms with Crippen LogP contribution >= 0.6 is 0 Å². The molecule has 0 unspecified atom stereocenters. The molecule has 0 spiro atoms. The molecule has 1 N–H and O–H groups in total. The monoisotopic (exact) mass is 270 g/mol. The SMILES string of the molecule is Cc1ccc(C)c(OCC(=O)Nc2ncccc2C)c1. The fourth-order valence-corrected chi connectivity index (χ4v) is 1.79. The second-order valence-electron chi connectivity index (χ2n) is 4.77. The largest absolute Gasteiger partial charge is 0.483 e. The third-order valence-corrected chi connectivity index (χ3v) is 2.97. The summed E-state index contributed by atoms with van der Waals surface area (Å²) in [6, 6.07) is 9.64. The molecule has 4 heteroatoms. The van der Waals surface area contributed by atoms with E-state index in [1.54, 1.807) is 6.20 Å². The lowest BCUT2D eigenvalue weighted by Gasteiger charge is -2.10. The zero-order valence-corrected chi connectivity index (χ0v) is 11.9. The van der Waals surface area contributed by atoms with Crippen LogP contribution < -0.4 is 10.1 Å². The summed E-state index contributed by atoms with van der Waals surface area (Å²) < 4.78 is 5.55. The average molecular weight is 270 g/mol. The van der Waals surface area contributed by atoms with Crippen molar-refractivity contribution in [2.45, 2.75) is 20.8 Å². The molecule has 0 bridgehead atoms. The Morgan fingerprint density at radius 2 is 2.00 bits per heavy atom. The van der Waals surface area contributed by atoms with E-state index in [4.69, 9.17) is 4.74 Å². The highest BCUT2D eigenvalue weighted by atomic mass is 16.5. The van der Waals surface area contributed by atoms with Gasteiger partial charge in [-0.25, -0.2) is 4.98 Å². The number of anilines is 1. The average Bonchev–Trinajstić information content (AvgIpc) is 2.42. The molecule has 20 heavy (non-hydrogen) atoms. The number of nitrogens with zero attached hydrogens (tertiary/aromatic N) is 1. The Labute approximate surface area is 118 Å². The molecule has 0 saturated heterocycles. The van der Waals surface area contributed by atoms with Crippen LogP contribution in [0.4, 0.5) is 5.82 Å². The highest BCUT2D eigenvalue weighted by Crippen LogP contribution is 2.19. The van der Waals surface area contributed by atoms with Gasteiger partial charge in [0.05, 0.1) is 0 Å². The quantitative estimate of drug-likeness (QED) is 0.929. The van der Waals surface area contributed by atoms with Gasteiger partial charge in [-0.2, -0.15) is 0 Å². The Morgan fingerprint density at radius 3 is 2.75 bits per heavy atom. The number of nitrogens with one attached hydrogen (secondary N) is 1. The Bertz CT molecular complexity index is 624. The van der Waals surface area contributed by atoms with E-state index in [0.29, 0.717) is 5.82 Å². The summed E-state index contributed by atoms with van der Waals surface area (Å²) in [5.74, 6) is 1.09. The molecular weight excluding hydrogens is 252 g/mol. The maximum Gasteiger partial charge on any atom is 0.263 e. The number of hydrogen-bond donors (Lipinski definition) is 1. The highest BCUT2D eigenvalue weighted by molar-refractivity contribution is 5.91. The molecule has 0 aliphatic rings. The van der Waals surface area contributed by atoms with Gasteiger partial charge in [0.1, 0.15) is 11.6 Å². The summed E-state index contributed by atoms with van der Waals surface area (Å²) >= 11 is 0. The number of carbonyl (C=O) groups excluding carboxylic acids is 1. The number of hydrogen-bond acceptors (Lipinski definition) is 3. The Kier molecular flexibility index (Phi) is 4.35. The van der Waals surface area contributed by atoms with Crippen LogP contribution in [0.5, 0.6) is 5.75 Å². The Hall–Kier alpha value is -2.36. The summed E-state index contributed by atoms with van der Waals surface area (Å²) in [5.41, 5.74) is 3.04. The predicted molar refractivity (Wildman–Crippen MR) is 79.0 cm³/mol. The number of ether oxygens (including phenoxy) is 1. The van der Waals surface area contributed by atoms with Crippen molar-refractivity contribution in [1.29, 1.82) is 0 Å². The predicted octanol–water partition coefficient (Wildman–Crippen LogP) is 3.02. The van der Waals surface area contributed by atoms with Crippen LogP contribution in [-0.4, -0.2) is 17.5 Å². The number of benzene rings is 1. The Balaban J connectivity index is 1.96. The molecule has 0 radical (unpaired) electrons. The van der Waals surface area contributed by atoms with Crippen LogP contribution in [-0.2, 0) is 4.79 Å². The van der Waals surface area contributed by atoms with Crippen molar-refractivity contribution in [2.24, 2.45) is 0 Å².